The van der Waals surface area contributed by atoms with E-state index in [0.717, 1.165) is 6.08 Å². The summed E-state index contributed by atoms with van der Waals surface area (Å²) in [6.45, 7) is 0.475. The zero-order chi connectivity index (χ0) is 7.98. The van der Waals surface area contributed by atoms with E-state index in [9.17, 15) is 4.79 Å². The van der Waals surface area contributed by atoms with Crippen molar-refractivity contribution in [1.29, 1.82) is 0 Å². The lowest BCUT2D eigenvalue weighted by molar-refractivity contribution is -0.131. The van der Waals surface area contributed by atoms with Gasteiger partial charge in [-0.1, -0.05) is 6.08 Å². The molecule has 0 atom stereocenters. The van der Waals surface area contributed by atoms with Crippen LogP contribution in [-0.2, 0) is 9.63 Å². The molecule has 10 heavy (non-hydrogen) atoms. The summed E-state index contributed by atoms with van der Waals surface area (Å²) in [4.78, 5) is 14.6. The Balaban J connectivity index is 3.43. The highest BCUT2D eigenvalue weighted by molar-refractivity contribution is 5.79. The zero-order valence-corrected chi connectivity index (χ0v) is 6.07. The molecule has 0 aromatic carbocycles. The molecule has 0 aliphatic rings. The molecular formula is C6H11NO3. The van der Waals surface area contributed by atoms with E-state index in [1.165, 1.54) is 18.2 Å². The quantitative estimate of drug-likeness (QED) is 0.451. The number of aliphatic carboxylic acids is 1. The van der Waals surface area contributed by atoms with E-state index >= 15 is 0 Å². The van der Waals surface area contributed by atoms with Gasteiger partial charge in [0.05, 0.1) is 7.11 Å². The summed E-state index contributed by atoms with van der Waals surface area (Å²) >= 11 is 0. The van der Waals surface area contributed by atoms with Crippen LogP contribution < -0.4 is 0 Å². The lowest BCUT2D eigenvalue weighted by atomic mass is 10.5. The monoisotopic (exact) mass is 145 g/mol. The summed E-state index contributed by atoms with van der Waals surface area (Å²) in [7, 11) is 3.24. The van der Waals surface area contributed by atoms with Gasteiger partial charge in [0.1, 0.15) is 0 Å². The number of hydroxylamine groups is 2. The van der Waals surface area contributed by atoms with Crippen LogP contribution in [0.2, 0.25) is 0 Å². The van der Waals surface area contributed by atoms with Crippen LogP contribution in [-0.4, -0.2) is 36.8 Å². The Labute approximate surface area is 59.7 Å². The smallest absolute Gasteiger partial charge is 0.328 e. The topological polar surface area (TPSA) is 49.8 Å². The zero-order valence-electron chi connectivity index (χ0n) is 6.07. The maximum atomic E-state index is 9.92. The molecule has 1 N–H and O–H groups in total. The van der Waals surface area contributed by atoms with Gasteiger partial charge >= 0.3 is 5.97 Å². The molecule has 0 amide bonds. The molecule has 4 heteroatoms. The molecule has 0 heterocycles. The normalized spacial score (nSPS) is 11.1. The van der Waals surface area contributed by atoms with Crippen molar-refractivity contribution in [1.82, 2.24) is 5.06 Å². The Morgan fingerprint density at radius 1 is 1.80 bits per heavy atom. The second kappa shape index (κ2) is 4.96. The van der Waals surface area contributed by atoms with Gasteiger partial charge < -0.3 is 9.94 Å². The van der Waals surface area contributed by atoms with Gasteiger partial charge in [-0.15, -0.1) is 0 Å². The van der Waals surface area contributed by atoms with Crippen LogP contribution in [0.3, 0.4) is 0 Å². The van der Waals surface area contributed by atoms with Crippen LogP contribution in [0.1, 0.15) is 0 Å². The Morgan fingerprint density at radius 2 is 2.40 bits per heavy atom. The number of carboxylic acid groups (broad SMARTS) is 1. The van der Waals surface area contributed by atoms with Gasteiger partial charge in [-0.25, -0.2) is 4.79 Å². The Morgan fingerprint density at radius 3 is 2.80 bits per heavy atom. The summed E-state index contributed by atoms with van der Waals surface area (Å²) in [6, 6.07) is 0. The summed E-state index contributed by atoms with van der Waals surface area (Å²) in [6.07, 6.45) is 2.58. The third-order valence-electron chi connectivity index (χ3n) is 0.935. The van der Waals surface area contributed by atoms with Crippen LogP contribution in [0.15, 0.2) is 12.2 Å². The van der Waals surface area contributed by atoms with Crippen LogP contribution in [0, 0.1) is 0 Å². The van der Waals surface area contributed by atoms with E-state index < -0.39 is 5.97 Å². The van der Waals surface area contributed by atoms with E-state index in [2.05, 4.69) is 0 Å². The predicted octanol–water partition coefficient (Wildman–Crippen LogP) is 0.120. The predicted molar refractivity (Wildman–Crippen MR) is 36.4 cm³/mol. The first-order chi connectivity index (χ1) is 4.66. The number of rotatable bonds is 4. The third kappa shape index (κ3) is 5.27. The molecule has 0 saturated heterocycles. The maximum Gasteiger partial charge on any atom is 0.328 e. The Kier molecular flexibility index (Phi) is 4.53. The van der Waals surface area contributed by atoms with E-state index in [1.807, 2.05) is 0 Å². The number of nitrogens with zero attached hydrogens (tertiary/aromatic N) is 1. The molecule has 0 unspecified atom stereocenters. The first-order valence-electron chi connectivity index (χ1n) is 2.81. The molecule has 0 rings (SSSR count). The van der Waals surface area contributed by atoms with Crippen LogP contribution in [0.4, 0.5) is 0 Å². The molecule has 0 aromatic rings. The molecular weight excluding hydrogens is 134 g/mol. The fourth-order valence-electron chi connectivity index (χ4n) is 0.376. The molecule has 0 fully saturated rings. The average Bonchev–Trinajstić information content (AvgIpc) is 1.87. The number of carboxylic acids is 1. The average molecular weight is 145 g/mol. The molecule has 0 spiro atoms. The minimum atomic E-state index is -0.940. The first-order valence-corrected chi connectivity index (χ1v) is 2.81. The molecule has 0 bridgehead atoms. The van der Waals surface area contributed by atoms with Gasteiger partial charge in [0.2, 0.25) is 0 Å². The van der Waals surface area contributed by atoms with Crippen molar-refractivity contribution in [3.05, 3.63) is 12.2 Å². The van der Waals surface area contributed by atoms with Crippen molar-refractivity contribution in [3.63, 3.8) is 0 Å². The lowest BCUT2D eigenvalue weighted by Crippen LogP contribution is -2.16. The van der Waals surface area contributed by atoms with Crippen molar-refractivity contribution in [2.45, 2.75) is 0 Å². The van der Waals surface area contributed by atoms with Gasteiger partial charge in [0, 0.05) is 19.7 Å². The summed E-state index contributed by atoms with van der Waals surface area (Å²) in [5.41, 5.74) is 0. The number of hydrogen-bond acceptors (Lipinski definition) is 3. The molecule has 0 aromatic heterocycles. The van der Waals surface area contributed by atoms with Gasteiger partial charge in [-0.2, -0.15) is 5.06 Å². The Hall–Kier alpha value is -0.870. The number of carbonyl (C=O) groups is 1. The van der Waals surface area contributed by atoms with Gasteiger partial charge in [-0.3, -0.25) is 0 Å². The van der Waals surface area contributed by atoms with Gasteiger partial charge in [-0.05, 0) is 0 Å². The van der Waals surface area contributed by atoms with Crippen molar-refractivity contribution < 1.29 is 14.7 Å². The SMILES string of the molecule is CON(C)CC=CC(=O)O. The second-order valence-corrected chi connectivity index (χ2v) is 1.73. The molecule has 0 saturated carbocycles. The number of hydrogen-bond donors (Lipinski definition) is 1. The highest BCUT2D eigenvalue weighted by Gasteiger charge is 1.89. The number of likely N-dealkylation sites (N-methyl/N-ethyl adjacent to an activating group) is 1. The van der Waals surface area contributed by atoms with E-state index in [4.69, 9.17) is 9.94 Å². The van der Waals surface area contributed by atoms with Crippen LogP contribution in [0.25, 0.3) is 0 Å². The van der Waals surface area contributed by atoms with Gasteiger partial charge in [0.25, 0.3) is 0 Å². The molecule has 0 radical (unpaired) electrons. The highest BCUT2D eigenvalue weighted by atomic mass is 16.7. The second-order valence-electron chi connectivity index (χ2n) is 1.73. The van der Waals surface area contributed by atoms with Crippen molar-refractivity contribution in [2.75, 3.05) is 20.7 Å². The van der Waals surface area contributed by atoms with E-state index in [-0.39, 0.29) is 0 Å². The van der Waals surface area contributed by atoms with Crippen LogP contribution in [0.5, 0.6) is 0 Å². The minimum Gasteiger partial charge on any atom is -0.478 e. The maximum absolute atomic E-state index is 9.92. The Bertz CT molecular complexity index is 133. The van der Waals surface area contributed by atoms with Crippen molar-refractivity contribution in [3.8, 4) is 0 Å². The standard InChI is InChI=1S/C6H11NO3/c1-7(10-2)5-3-4-6(8)9/h3-4H,5H2,1-2H3,(H,8,9). The first kappa shape index (κ1) is 9.13. The van der Waals surface area contributed by atoms with Crippen molar-refractivity contribution in [2.24, 2.45) is 0 Å². The fraction of sp³-hybridized carbons (Fsp3) is 0.500. The van der Waals surface area contributed by atoms with E-state index in [0.29, 0.717) is 6.54 Å². The highest BCUT2D eigenvalue weighted by Crippen LogP contribution is 1.81. The largest absolute Gasteiger partial charge is 0.478 e. The van der Waals surface area contributed by atoms with E-state index in [1.54, 1.807) is 7.05 Å². The minimum absolute atomic E-state index is 0.475. The summed E-state index contributed by atoms with van der Waals surface area (Å²) in [5, 5.41) is 9.67. The molecule has 4 nitrogen and oxygen atoms in total. The fourth-order valence-corrected chi connectivity index (χ4v) is 0.376. The lowest BCUT2D eigenvalue weighted by Gasteiger charge is -2.08. The van der Waals surface area contributed by atoms with Gasteiger partial charge in [0.15, 0.2) is 0 Å². The summed E-state index contributed by atoms with van der Waals surface area (Å²) < 4.78 is 0. The molecule has 0 aliphatic carbocycles. The molecule has 0 aliphatic heterocycles. The summed E-state index contributed by atoms with van der Waals surface area (Å²) in [5.74, 6) is -0.940. The third-order valence-corrected chi connectivity index (χ3v) is 0.935. The molecule has 58 valence electrons. The van der Waals surface area contributed by atoms with Crippen molar-refractivity contribution >= 4 is 5.97 Å². The van der Waals surface area contributed by atoms with Crippen LogP contribution >= 0.6 is 0 Å².